The Kier molecular flexibility index (Phi) is 11.3. The lowest BCUT2D eigenvalue weighted by atomic mass is 9.65. The van der Waals surface area contributed by atoms with Gasteiger partial charge in [0.15, 0.2) is 6.29 Å². The van der Waals surface area contributed by atoms with Crippen molar-refractivity contribution in [2.45, 2.75) is 92.5 Å². The minimum atomic E-state index is -1.40. The Morgan fingerprint density at radius 1 is 1.08 bits per heavy atom. The highest BCUT2D eigenvalue weighted by Crippen LogP contribution is 2.44. The van der Waals surface area contributed by atoms with Crippen molar-refractivity contribution in [3.63, 3.8) is 0 Å². The number of ether oxygens (including phenoxy) is 1. The van der Waals surface area contributed by atoms with Crippen LogP contribution in [0.4, 0.5) is 0 Å². The van der Waals surface area contributed by atoms with Crippen LogP contribution in [0.1, 0.15) is 80.1 Å². The molecular formula is C19H38O4S. The van der Waals surface area contributed by atoms with Crippen molar-refractivity contribution >= 4 is 17.7 Å². The van der Waals surface area contributed by atoms with Crippen LogP contribution in [-0.4, -0.2) is 40.1 Å². The Hall–Kier alpha value is -0.260. The van der Waals surface area contributed by atoms with Crippen molar-refractivity contribution in [1.82, 2.24) is 0 Å². The van der Waals surface area contributed by atoms with E-state index in [-0.39, 0.29) is 17.5 Å². The molecule has 0 saturated carbocycles. The second kappa shape index (κ2) is 11.4. The van der Waals surface area contributed by atoms with Gasteiger partial charge in [0, 0.05) is 11.2 Å². The predicted octanol–water partition coefficient (Wildman–Crippen LogP) is 4.37. The molecule has 2 N–H and O–H groups in total. The van der Waals surface area contributed by atoms with Gasteiger partial charge in [-0.15, -0.1) is 0 Å². The van der Waals surface area contributed by atoms with E-state index in [1.54, 1.807) is 0 Å². The van der Waals surface area contributed by atoms with Gasteiger partial charge in [-0.1, -0.05) is 53.9 Å². The molecule has 1 unspecified atom stereocenters. The third-order valence-electron chi connectivity index (χ3n) is 5.11. The van der Waals surface area contributed by atoms with Gasteiger partial charge in [-0.05, 0) is 30.9 Å². The van der Waals surface area contributed by atoms with Crippen LogP contribution in [0, 0.1) is 10.8 Å². The minimum Gasteiger partial charge on any atom is -0.463 e. The van der Waals surface area contributed by atoms with Crippen LogP contribution in [0.2, 0.25) is 0 Å². The highest BCUT2D eigenvalue weighted by atomic mass is 32.2. The Balaban J connectivity index is 4.06. The third kappa shape index (κ3) is 8.72. The molecule has 144 valence electrons. The van der Waals surface area contributed by atoms with Gasteiger partial charge in [0.1, 0.15) is 0 Å². The minimum absolute atomic E-state index is 0.165. The highest BCUT2D eigenvalue weighted by molar-refractivity contribution is 7.99. The van der Waals surface area contributed by atoms with Gasteiger partial charge in [-0.25, -0.2) is 0 Å². The van der Waals surface area contributed by atoms with Gasteiger partial charge in [0.05, 0.1) is 12.5 Å². The molecule has 0 rings (SSSR count). The van der Waals surface area contributed by atoms with Crippen LogP contribution in [0.3, 0.4) is 0 Å². The van der Waals surface area contributed by atoms with E-state index in [0.29, 0.717) is 12.8 Å². The first kappa shape index (κ1) is 23.7. The topological polar surface area (TPSA) is 66.8 Å². The number of aliphatic hydroxyl groups is 2. The summed E-state index contributed by atoms with van der Waals surface area (Å²) in [5, 5.41) is 19.2. The predicted molar refractivity (Wildman–Crippen MR) is 102 cm³/mol. The lowest BCUT2D eigenvalue weighted by molar-refractivity contribution is -0.174. The summed E-state index contributed by atoms with van der Waals surface area (Å²) >= 11 is 1.81. The van der Waals surface area contributed by atoms with Crippen molar-refractivity contribution in [2.24, 2.45) is 10.8 Å². The normalized spacial score (nSPS) is 14.0. The Morgan fingerprint density at radius 2 is 1.71 bits per heavy atom. The molecular weight excluding hydrogens is 324 g/mol. The monoisotopic (exact) mass is 362 g/mol. The van der Waals surface area contributed by atoms with Crippen LogP contribution >= 0.6 is 11.8 Å². The molecule has 0 saturated heterocycles. The van der Waals surface area contributed by atoms with Crippen molar-refractivity contribution in [1.29, 1.82) is 0 Å². The lowest BCUT2D eigenvalue weighted by Crippen LogP contribution is -2.44. The van der Waals surface area contributed by atoms with E-state index in [9.17, 15) is 15.0 Å². The van der Waals surface area contributed by atoms with Crippen LogP contribution < -0.4 is 0 Å². The van der Waals surface area contributed by atoms with E-state index in [0.717, 1.165) is 11.5 Å². The van der Waals surface area contributed by atoms with E-state index < -0.39 is 11.7 Å². The molecule has 0 radical (unpaired) electrons. The summed E-state index contributed by atoms with van der Waals surface area (Å²) in [6, 6.07) is 0. The maximum Gasteiger partial charge on any atom is 0.306 e. The zero-order valence-electron chi connectivity index (χ0n) is 16.4. The second-order valence-electron chi connectivity index (χ2n) is 7.91. The van der Waals surface area contributed by atoms with Crippen LogP contribution in [0.5, 0.6) is 0 Å². The van der Waals surface area contributed by atoms with Gasteiger partial charge in [-0.3, -0.25) is 4.79 Å². The van der Waals surface area contributed by atoms with Crippen LogP contribution in [0.15, 0.2) is 0 Å². The van der Waals surface area contributed by atoms with Crippen molar-refractivity contribution < 1.29 is 19.7 Å². The summed E-state index contributed by atoms with van der Waals surface area (Å²) in [4.78, 5) is 11.9. The Morgan fingerprint density at radius 3 is 2.25 bits per heavy atom. The summed E-state index contributed by atoms with van der Waals surface area (Å²) in [5.74, 6) is 1.75. The summed E-state index contributed by atoms with van der Waals surface area (Å²) in [6.45, 7) is 11.7. The van der Waals surface area contributed by atoms with Gasteiger partial charge < -0.3 is 14.9 Å². The van der Waals surface area contributed by atoms with Crippen LogP contribution in [-0.2, 0) is 9.53 Å². The molecule has 0 aliphatic heterocycles. The number of thioether (sulfide) groups is 1. The maximum absolute atomic E-state index is 11.9. The molecule has 0 aromatic carbocycles. The zero-order chi connectivity index (χ0) is 18.8. The molecule has 0 aliphatic carbocycles. The molecule has 5 heteroatoms. The maximum atomic E-state index is 11.9. The molecule has 0 fully saturated rings. The molecule has 0 aromatic heterocycles. The smallest absolute Gasteiger partial charge is 0.306 e. The Labute approximate surface area is 152 Å². The molecule has 1 atom stereocenters. The largest absolute Gasteiger partial charge is 0.463 e. The SMILES string of the molecule is CCCCCCSCCC(=O)OC(C)CC(C)(C)C(C)(C)C(O)O. The van der Waals surface area contributed by atoms with E-state index in [1.165, 1.54) is 25.7 Å². The van der Waals surface area contributed by atoms with Gasteiger partial charge in [-0.2, -0.15) is 11.8 Å². The molecule has 0 spiro atoms. The first-order valence-electron chi connectivity index (χ1n) is 9.18. The van der Waals surface area contributed by atoms with Crippen molar-refractivity contribution in [3.05, 3.63) is 0 Å². The fourth-order valence-corrected chi connectivity index (χ4v) is 3.47. The van der Waals surface area contributed by atoms with E-state index in [2.05, 4.69) is 6.92 Å². The Bertz CT molecular complexity index is 353. The number of carbonyl (C=O) groups is 1. The fourth-order valence-electron chi connectivity index (χ4n) is 2.54. The number of esters is 1. The van der Waals surface area contributed by atoms with Gasteiger partial charge in [0.2, 0.25) is 0 Å². The van der Waals surface area contributed by atoms with E-state index >= 15 is 0 Å². The standard InChI is InChI=1S/C19H38O4S/c1-7-8-9-10-12-24-13-11-16(20)23-15(2)14-18(3,4)19(5,6)17(21)22/h15,17,21-22H,7-14H2,1-6H3. The number of carbonyl (C=O) groups excluding carboxylic acids is 1. The summed E-state index contributed by atoms with van der Waals surface area (Å²) in [5.41, 5.74) is -1.04. The number of rotatable bonds is 13. The molecule has 0 amide bonds. The fraction of sp³-hybridized carbons (Fsp3) is 0.947. The molecule has 0 heterocycles. The molecule has 0 aliphatic rings. The van der Waals surface area contributed by atoms with Crippen molar-refractivity contribution in [3.8, 4) is 0 Å². The van der Waals surface area contributed by atoms with Crippen molar-refractivity contribution in [2.75, 3.05) is 11.5 Å². The van der Waals surface area contributed by atoms with Gasteiger partial charge in [0.25, 0.3) is 0 Å². The molecule has 0 bridgehead atoms. The number of hydrogen-bond acceptors (Lipinski definition) is 5. The summed E-state index contributed by atoms with van der Waals surface area (Å²) in [7, 11) is 0. The lowest BCUT2D eigenvalue weighted by Gasteiger charge is -2.44. The van der Waals surface area contributed by atoms with E-state index in [1.807, 2.05) is 46.4 Å². The number of unbranched alkanes of at least 4 members (excludes halogenated alkanes) is 3. The highest BCUT2D eigenvalue weighted by Gasteiger charge is 2.43. The third-order valence-corrected chi connectivity index (χ3v) is 6.18. The first-order chi connectivity index (χ1) is 11.0. The summed E-state index contributed by atoms with van der Waals surface area (Å²) < 4.78 is 5.49. The zero-order valence-corrected chi connectivity index (χ0v) is 17.2. The number of hydrogen-bond donors (Lipinski definition) is 2. The van der Waals surface area contributed by atoms with Gasteiger partial charge >= 0.3 is 5.97 Å². The van der Waals surface area contributed by atoms with E-state index in [4.69, 9.17) is 4.74 Å². The van der Waals surface area contributed by atoms with Crippen LogP contribution in [0.25, 0.3) is 0 Å². The number of aliphatic hydroxyl groups excluding tert-OH is 1. The average molecular weight is 363 g/mol. The quantitative estimate of drug-likeness (QED) is 0.289. The molecule has 24 heavy (non-hydrogen) atoms. The molecule has 0 aromatic rings. The average Bonchev–Trinajstić information content (AvgIpc) is 2.45. The summed E-state index contributed by atoms with van der Waals surface area (Å²) in [6.07, 6.45) is 4.41. The molecule has 4 nitrogen and oxygen atoms in total. The second-order valence-corrected chi connectivity index (χ2v) is 9.13. The first-order valence-corrected chi connectivity index (χ1v) is 10.3.